The molecule has 0 aliphatic carbocycles. The summed E-state index contributed by atoms with van der Waals surface area (Å²) in [5, 5.41) is 4.11. The third-order valence-electron chi connectivity index (χ3n) is 3.95. The van der Waals surface area contributed by atoms with E-state index in [1.165, 1.54) is 0 Å². The Morgan fingerprint density at radius 1 is 1.18 bits per heavy atom. The van der Waals surface area contributed by atoms with Crippen LogP contribution in [-0.4, -0.2) is 34.6 Å². The molecule has 0 saturated heterocycles. The molecule has 0 aromatic carbocycles. The first-order valence-corrected chi connectivity index (χ1v) is 10.1. The van der Waals surface area contributed by atoms with E-state index in [1.807, 2.05) is 25.3 Å². The number of pyridine rings is 2. The fourth-order valence-electron chi connectivity index (χ4n) is 2.74. The zero-order chi connectivity index (χ0) is 20.1. The van der Waals surface area contributed by atoms with Crippen molar-refractivity contribution in [3.05, 3.63) is 66.6 Å². The quantitative estimate of drug-likeness (QED) is 0.251. The Morgan fingerprint density at radius 2 is 2.00 bits per heavy atom. The normalized spacial score (nSPS) is 11.1. The summed E-state index contributed by atoms with van der Waals surface area (Å²) in [6, 6.07) is 8.11. The number of amidine groups is 1. The van der Waals surface area contributed by atoms with Crippen LogP contribution in [0.4, 0.5) is 0 Å². The van der Waals surface area contributed by atoms with Crippen molar-refractivity contribution < 1.29 is 0 Å². The van der Waals surface area contributed by atoms with Crippen LogP contribution in [0.2, 0.25) is 0 Å². The zero-order valence-electron chi connectivity index (χ0n) is 15.7. The van der Waals surface area contributed by atoms with Gasteiger partial charge >= 0.3 is 0 Å². The first-order chi connectivity index (χ1) is 13.7. The van der Waals surface area contributed by atoms with E-state index < -0.39 is 0 Å². The van der Waals surface area contributed by atoms with E-state index in [4.69, 9.17) is 9.97 Å². The lowest BCUT2D eigenvalue weighted by Crippen LogP contribution is -2.01. The van der Waals surface area contributed by atoms with E-state index in [0.29, 0.717) is 5.84 Å². The minimum absolute atomic E-state index is 0.550. The Kier molecular flexibility index (Phi) is 6.18. The van der Waals surface area contributed by atoms with E-state index in [0.717, 1.165) is 42.6 Å². The van der Waals surface area contributed by atoms with E-state index in [9.17, 15) is 0 Å². The van der Waals surface area contributed by atoms with Crippen LogP contribution >= 0.6 is 22.7 Å². The molecule has 0 amide bonds. The van der Waals surface area contributed by atoms with Crippen molar-refractivity contribution in [2.24, 2.45) is 9.98 Å². The SMILES string of the molecule is C=C.C=NC(=NC)c1nc(-c2sc(-c3cccnc3)nc2C)cc2ccsc12. The van der Waals surface area contributed by atoms with Gasteiger partial charge in [0, 0.05) is 25.0 Å². The number of thiazole rings is 1. The van der Waals surface area contributed by atoms with Crippen molar-refractivity contribution in [2.75, 3.05) is 7.05 Å². The van der Waals surface area contributed by atoms with Gasteiger partial charge in [-0.15, -0.1) is 35.8 Å². The zero-order valence-corrected chi connectivity index (χ0v) is 17.3. The lowest BCUT2D eigenvalue weighted by Gasteiger charge is -2.05. The van der Waals surface area contributed by atoms with Crippen LogP contribution < -0.4 is 0 Å². The van der Waals surface area contributed by atoms with E-state index in [-0.39, 0.29) is 0 Å². The van der Waals surface area contributed by atoms with Gasteiger partial charge in [0.15, 0.2) is 5.84 Å². The molecule has 0 unspecified atom stereocenters. The Labute approximate surface area is 171 Å². The molecule has 4 aromatic rings. The van der Waals surface area contributed by atoms with E-state index >= 15 is 0 Å². The minimum Gasteiger partial charge on any atom is -0.268 e. The summed E-state index contributed by atoms with van der Waals surface area (Å²) in [5.74, 6) is 0.550. The summed E-state index contributed by atoms with van der Waals surface area (Å²) in [7, 11) is 1.70. The summed E-state index contributed by atoms with van der Waals surface area (Å²) in [6.45, 7) is 11.6. The van der Waals surface area contributed by atoms with Crippen LogP contribution in [0, 0.1) is 6.92 Å². The van der Waals surface area contributed by atoms with Crippen LogP contribution in [0.1, 0.15) is 11.4 Å². The highest BCUT2D eigenvalue weighted by atomic mass is 32.1. The molecule has 0 saturated carbocycles. The molecule has 0 bridgehead atoms. The van der Waals surface area contributed by atoms with Gasteiger partial charge < -0.3 is 0 Å². The minimum atomic E-state index is 0.550. The first kappa shape index (κ1) is 19.7. The lowest BCUT2D eigenvalue weighted by molar-refractivity contribution is 1.24. The molecular weight excluding hydrogens is 386 g/mol. The molecule has 4 rings (SSSR count). The van der Waals surface area contributed by atoms with E-state index in [2.05, 4.69) is 52.4 Å². The molecular formula is C21H19N5S2. The Bertz CT molecular complexity index is 1140. The molecule has 0 spiro atoms. The maximum atomic E-state index is 4.85. The molecule has 0 fully saturated rings. The number of aryl methyl sites for hydroxylation is 1. The Hall–Kier alpha value is -3.03. The number of hydrogen-bond acceptors (Lipinski definition) is 6. The van der Waals surface area contributed by atoms with Crippen LogP contribution in [0.5, 0.6) is 0 Å². The number of thiophene rings is 1. The van der Waals surface area contributed by atoms with Gasteiger partial charge in [-0.2, -0.15) is 0 Å². The Morgan fingerprint density at radius 3 is 2.68 bits per heavy atom. The monoisotopic (exact) mass is 405 g/mol. The number of fused-ring (bicyclic) bond motifs is 1. The van der Waals surface area contributed by atoms with Crippen molar-refractivity contribution in [3.63, 3.8) is 0 Å². The maximum absolute atomic E-state index is 4.85. The third kappa shape index (κ3) is 3.67. The van der Waals surface area contributed by atoms with Crippen LogP contribution in [0.15, 0.2) is 65.2 Å². The van der Waals surface area contributed by atoms with Crippen LogP contribution in [0.3, 0.4) is 0 Å². The summed E-state index contributed by atoms with van der Waals surface area (Å²) in [5.41, 5.74) is 3.59. The molecule has 0 radical (unpaired) electrons. The fourth-order valence-corrected chi connectivity index (χ4v) is 4.62. The predicted octanol–water partition coefficient (Wildman–Crippen LogP) is 5.67. The summed E-state index contributed by atoms with van der Waals surface area (Å²) >= 11 is 3.25. The average molecular weight is 406 g/mol. The predicted molar refractivity (Wildman–Crippen MR) is 122 cm³/mol. The van der Waals surface area contributed by atoms with Gasteiger partial charge in [0.1, 0.15) is 10.7 Å². The van der Waals surface area contributed by atoms with Gasteiger partial charge in [-0.1, -0.05) is 0 Å². The average Bonchev–Trinajstić information content (AvgIpc) is 3.37. The lowest BCUT2D eigenvalue weighted by atomic mass is 10.2. The number of rotatable bonds is 3. The second-order valence-electron chi connectivity index (χ2n) is 5.58. The molecule has 4 heterocycles. The molecule has 7 heteroatoms. The molecule has 0 aliphatic rings. The summed E-state index contributed by atoms with van der Waals surface area (Å²) in [4.78, 5) is 23.1. The van der Waals surface area contributed by atoms with Crippen molar-refractivity contribution in [1.29, 1.82) is 0 Å². The van der Waals surface area contributed by atoms with Gasteiger partial charge in [-0.25, -0.2) is 15.0 Å². The summed E-state index contributed by atoms with van der Waals surface area (Å²) < 4.78 is 1.07. The number of nitrogens with zero attached hydrogens (tertiary/aromatic N) is 5. The molecule has 0 N–H and O–H groups in total. The van der Waals surface area contributed by atoms with Crippen LogP contribution in [-0.2, 0) is 0 Å². The van der Waals surface area contributed by atoms with Gasteiger partial charge in [-0.3, -0.25) is 9.98 Å². The number of hydrogen-bond donors (Lipinski definition) is 0. The molecule has 140 valence electrons. The van der Waals surface area contributed by atoms with E-state index in [1.54, 1.807) is 35.9 Å². The molecule has 0 aliphatic heterocycles. The molecule has 4 aromatic heterocycles. The standard InChI is InChI=1S/C19H15N5S2.C2H4/c1-11-16(26-19(23-11)13-5-4-7-22-10-13)14-9-12-6-8-25-17(12)15(24-14)18(20-2)21-3;1-2/h4-10H,2H2,1,3H3;1-2H2. The summed E-state index contributed by atoms with van der Waals surface area (Å²) in [6.07, 6.45) is 3.59. The van der Waals surface area contributed by atoms with Crippen molar-refractivity contribution >= 4 is 45.3 Å². The smallest absolute Gasteiger partial charge is 0.174 e. The van der Waals surface area contributed by atoms with Crippen molar-refractivity contribution in [3.8, 4) is 21.1 Å². The maximum Gasteiger partial charge on any atom is 0.174 e. The van der Waals surface area contributed by atoms with Gasteiger partial charge in [-0.05, 0) is 48.7 Å². The molecule has 28 heavy (non-hydrogen) atoms. The fraction of sp³-hybridized carbons (Fsp3) is 0.0952. The second kappa shape index (κ2) is 8.77. The first-order valence-electron chi connectivity index (χ1n) is 8.41. The van der Waals surface area contributed by atoms with Gasteiger partial charge in [0.25, 0.3) is 0 Å². The number of aliphatic imine (C=N–C) groups is 2. The van der Waals surface area contributed by atoms with Crippen molar-refractivity contribution in [1.82, 2.24) is 15.0 Å². The highest BCUT2D eigenvalue weighted by Gasteiger charge is 2.17. The highest BCUT2D eigenvalue weighted by molar-refractivity contribution is 7.18. The second-order valence-corrected chi connectivity index (χ2v) is 7.49. The topological polar surface area (TPSA) is 63.4 Å². The van der Waals surface area contributed by atoms with Gasteiger partial charge in [0.05, 0.1) is 21.0 Å². The van der Waals surface area contributed by atoms with Gasteiger partial charge in [0.2, 0.25) is 0 Å². The van der Waals surface area contributed by atoms with Crippen LogP contribution in [0.25, 0.3) is 31.2 Å². The Balaban J connectivity index is 0.00000109. The molecule has 0 atom stereocenters. The highest BCUT2D eigenvalue weighted by Crippen LogP contribution is 2.36. The largest absolute Gasteiger partial charge is 0.268 e. The number of aromatic nitrogens is 3. The third-order valence-corrected chi connectivity index (χ3v) is 6.11. The van der Waals surface area contributed by atoms with Crippen molar-refractivity contribution in [2.45, 2.75) is 6.92 Å². The molecule has 5 nitrogen and oxygen atoms in total.